The first-order valence-corrected chi connectivity index (χ1v) is 9.85. The van der Waals surface area contributed by atoms with Crippen LogP contribution in [0.2, 0.25) is 0 Å². The fourth-order valence-electron chi connectivity index (χ4n) is 3.24. The number of carboxylic acid groups (broad SMARTS) is 1. The summed E-state index contributed by atoms with van der Waals surface area (Å²) in [6.07, 6.45) is -0.382. The highest BCUT2D eigenvalue weighted by molar-refractivity contribution is 7.13. The summed E-state index contributed by atoms with van der Waals surface area (Å²) in [7, 11) is 0. The van der Waals surface area contributed by atoms with Gasteiger partial charge in [-0.25, -0.2) is 4.98 Å². The van der Waals surface area contributed by atoms with Crippen LogP contribution in [0, 0.1) is 0 Å². The monoisotopic (exact) mass is 432 g/mol. The highest BCUT2D eigenvalue weighted by atomic mass is 32.1. The number of carbonyl (C=O) groups excluding carboxylic acids is 2. The average molecular weight is 432 g/mol. The van der Waals surface area contributed by atoms with Crippen LogP contribution in [0.25, 0.3) is 11.0 Å². The van der Waals surface area contributed by atoms with Gasteiger partial charge >= 0.3 is 0 Å². The number of nitrogens with zero attached hydrogens (tertiary/aromatic N) is 2. The highest BCUT2D eigenvalue weighted by Gasteiger charge is 2.32. The number of nitrogens with two attached hydrogens (primary N) is 1. The van der Waals surface area contributed by atoms with Crippen molar-refractivity contribution in [3.05, 3.63) is 47.2 Å². The number of aliphatic hydroxyl groups excluding tert-OH is 1. The number of aliphatic hydroxyl groups is 1. The predicted molar refractivity (Wildman–Crippen MR) is 109 cm³/mol. The van der Waals surface area contributed by atoms with Gasteiger partial charge in [0.25, 0.3) is 18.3 Å². The van der Waals surface area contributed by atoms with Crippen LogP contribution in [0.15, 0.2) is 40.1 Å². The van der Waals surface area contributed by atoms with E-state index in [-0.39, 0.29) is 42.8 Å². The minimum atomic E-state index is -0.738. The van der Waals surface area contributed by atoms with Crippen LogP contribution in [0.3, 0.4) is 0 Å². The second-order valence-electron chi connectivity index (χ2n) is 6.59. The number of fused-ring (bicyclic) bond motifs is 1. The fraction of sp³-hybridized carbons (Fsp3) is 0.263. The molecule has 0 spiro atoms. The summed E-state index contributed by atoms with van der Waals surface area (Å²) < 4.78 is 5.62. The first-order valence-electron chi connectivity index (χ1n) is 8.97. The number of furan rings is 1. The number of hydrogen-bond donors (Lipinski definition) is 4. The molecule has 2 aromatic heterocycles. The molecule has 1 aromatic carbocycles. The van der Waals surface area contributed by atoms with Crippen LogP contribution in [-0.4, -0.2) is 63.6 Å². The molecule has 11 heteroatoms. The largest absolute Gasteiger partial charge is 0.483 e. The van der Waals surface area contributed by atoms with Gasteiger partial charge in [0.2, 0.25) is 0 Å². The SMILES string of the molecule is Nc1nc(C(=O)N[C@H]2C[C@@H](O)CN(C(=O)c3cc4ccccc4o3)C2)cs1.O=CO. The first-order chi connectivity index (χ1) is 14.4. The summed E-state index contributed by atoms with van der Waals surface area (Å²) in [4.78, 5) is 38.9. The van der Waals surface area contributed by atoms with Gasteiger partial charge in [0.1, 0.15) is 11.3 Å². The number of hydrogen-bond acceptors (Lipinski definition) is 8. The minimum absolute atomic E-state index is 0.186. The van der Waals surface area contributed by atoms with Crippen LogP contribution in [-0.2, 0) is 4.79 Å². The van der Waals surface area contributed by atoms with E-state index in [9.17, 15) is 14.7 Å². The Labute approximate surface area is 174 Å². The number of piperidine rings is 1. The molecule has 0 radical (unpaired) electrons. The van der Waals surface area contributed by atoms with E-state index in [0.29, 0.717) is 17.1 Å². The molecule has 2 atom stereocenters. The Morgan fingerprint density at radius 2 is 2.07 bits per heavy atom. The Morgan fingerprint density at radius 3 is 2.73 bits per heavy atom. The molecule has 1 fully saturated rings. The third kappa shape index (κ3) is 4.93. The zero-order valence-electron chi connectivity index (χ0n) is 15.7. The average Bonchev–Trinajstić information content (AvgIpc) is 3.33. The number of aromatic nitrogens is 1. The van der Waals surface area contributed by atoms with Gasteiger partial charge < -0.3 is 30.6 Å². The predicted octanol–water partition coefficient (Wildman–Crippen LogP) is 1.18. The Kier molecular flexibility index (Phi) is 6.65. The molecule has 2 amide bonds. The third-order valence-electron chi connectivity index (χ3n) is 4.44. The van der Waals surface area contributed by atoms with Crippen molar-refractivity contribution in [3.8, 4) is 0 Å². The Morgan fingerprint density at radius 1 is 1.33 bits per heavy atom. The van der Waals surface area contributed by atoms with E-state index in [2.05, 4.69) is 10.3 Å². The van der Waals surface area contributed by atoms with E-state index in [1.165, 1.54) is 16.2 Å². The number of anilines is 1. The van der Waals surface area contributed by atoms with E-state index in [1.54, 1.807) is 17.5 Å². The first kappa shape index (κ1) is 21.3. The van der Waals surface area contributed by atoms with Gasteiger partial charge in [-0.05, 0) is 18.6 Å². The summed E-state index contributed by atoms with van der Waals surface area (Å²) in [5.74, 6) is -0.483. The maximum atomic E-state index is 12.8. The minimum Gasteiger partial charge on any atom is -0.483 e. The molecule has 158 valence electrons. The van der Waals surface area contributed by atoms with Crippen molar-refractivity contribution in [2.45, 2.75) is 18.6 Å². The molecule has 1 aliphatic rings. The van der Waals surface area contributed by atoms with Crippen LogP contribution < -0.4 is 11.1 Å². The number of rotatable bonds is 3. The molecule has 30 heavy (non-hydrogen) atoms. The number of thiazole rings is 1. The van der Waals surface area contributed by atoms with Gasteiger partial charge in [-0.15, -0.1) is 11.3 Å². The van der Waals surface area contributed by atoms with Gasteiger partial charge in [0.15, 0.2) is 10.9 Å². The molecule has 0 unspecified atom stereocenters. The molecule has 4 rings (SSSR count). The molecule has 3 aromatic rings. The summed E-state index contributed by atoms with van der Waals surface area (Å²) in [5.41, 5.74) is 6.41. The molecular formula is C19H20N4O6S. The summed E-state index contributed by atoms with van der Waals surface area (Å²) in [5, 5.41) is 22.6. The molecule has 1 saturated heterocycles. The topological polar surface area (TPSA) is 159 Å². The number of nitrogen functional groups attached to an aromatic ring is 1. The Balaban J connectivity index is 0.000000806. The normalized spacial score (nSPS) is 18.4. The number of carbonyl (C=O) groups is 3. The molecule has 3 heterocycles. The van der Waals surface area contributed by atoms with Crippen molar-refractivity contribution >= 4 is 45.7 Å². The Bertz CT molecular complexity index is 1020. The van der Waals surface area contributed by atoms with Crippen LogP contribution in [0.1, 0.15) is 27.5 Å². The number of para-hydroxylation sites is 1. The van der Waals surface area contributed by atoms with Crippen LogP contribution in [0.5, 0.6) is 0 Å². The molecule has 5 N–H and O–H groups in total. The molecule has 1 aliphatic heterocycles. The van der Waals surface area contributed by atoms with Gasteiger partial charge in [-0.2, -0.15) is 0 Å². The van der Waals surface area contributed by atoms with Crippen molar-refractivity contribution < 1.29 is 29.0 Å². The maximum Gasteiger partial charge on any atom is 0.290 e. The van der Waals surface area contributed by atoms with E-state index >= 15 is 0 Å². The molecule has 0 bridgehead atoms. The van der Waals surface area contributed by atoms with E-state index in [1.807, 2.05) is 18.2 Å². The number of β-amino-alcohol motifs (C(OH)–C–C–N with tert-alkyl or cyclic N) is 1. The second-order valence-corrected chi connectivity index (χ2v) is 7.48. The molecular weight excluding hydrogens is 412 g/mol. The second kappa shape index (κ2) is 9.37. The van der Waals surface area contributed by atoms with E-state index < -0.39 is 12.1 Å². The maximum absolute atomic E-state index is 12.8. The molecule has 0 saturated carbocycles. The van der Waals surface area contributed by atoms with Gasteiger partial charge in [-0.3, -0.25) is 14.4 Å². The zero-order valence-corrected chi connectivity index (χ0v) is 16.5. The van der Waals surface area contributed by atoms with E-state index in [4.69, 9.17) is 20.1 Å². The lowest BCUT2D eigenvalue weighted by Gasteiger charge is -2.35. The third-order valence-corrected chi connectivity index (χ3v) is 5.12. The summed E-state index contributed by atoms with van der Waals surface area (Å²) in [6, 6.07) is 8.65. The zero-order chi connectivity index (χ0) is 21.7. The number of benzene rings is 1. The van der Waals surface area contributed by atoms with Crippen molar-refractivity contribution in [2.75, 3.05) is 18.8 Å². The lowest BCUT2D eigenvalue weighted by Crippen LogP contribution is -2.54. The summed E-state index contributed by atoms with van der Waals surface area (Å²) in [6.45, 7) is 0.212. The Hall–Kier alpha value is -3.44. The van der Waals surface area contributed by atoms with Crippen molar-refractivity contribution in [1.82, 2.24) is 15.2 Å². The highest BCUT2D eigenvalue weighted by Crippen LogP contribution is 2.22. The standard InChI is InChI=1S/C18H18N4O4S.CH2O2/c19-18-21-13(9-27-18)16(24)20-11-6-12(23)8-22(7-11)17(25)15-5-10-3-1-2-4-14(10)26-15;2-1-3/h1-5,9,11-12,23H,6-8H2,(H2,19,21)(H,20,24);1H,(H,2,3)/t11-,12+;/m0./s1. The van der Waals surface area contributed by atoms with Gasteiger partial charge in [0, 0.05) is 29.9 Å². The van der Waals surface area contributed by atoms with Crippen molar-refractivity contribution in [3.63, 3.8) is 0 Å². The van der Waals surface area contributed by atoms with Gasteiger partial charge in [-0.1, -0.05) is 18.2 Å². The van der Waals surface area contributed by atoms with Crippen LogP contribution >= 0.6 is 11.3 Å². The molecule has 0 aliphatic carbocycles. The lowest BCUT2D eigenvalue weighted by atomic mass is 10.0. The summed E-state index contributed by atoms with van der Waals surface area (Å²) >= 11 is 1.18. The number of amides is 2. The van der Waals surface area contributed by atoms with Crippen molar-refractivity contribution in [2.24, 2.45) is 0 Å². The van der Waals surface area contributed by atoms with E-state index in [0.717, 1.165) is 5.39 Å². The molecule has 10 nitrogen and oxygen atoms in total. The van der Waals surface area contributed by atoms with Crippen molar-refractivity contribution in [1.29, 1.82) is 0 Å². The quantitative estimate of drug-likeness (QED) is 0.449. The van der Waals surface area contributed by atoms with Gasteiger partial charge in [0.05, 0.1) is 6.10 Å². The number of likely N-dealkylation sites (tertiary alicyclic amines) is 1. The van der Waals surface area contributed by atoms with Crippen LogP contribution in [0.4, 0.5) is 5.13 Å². The smallest absolute Gasteiger partial charge is 0.290 e. The fourth-order valence-corrected chi connectivity index (χ4v) is 3.78. The lowest BCUT2D eigenvalue weighted by molar-refractivity contribution is -0.122. The number of nitrogens with one attached hydrogen (secondary N) is 1.